The van der Waals surface area contributed by atoms with E-state index in [1.807, 2.05) is 12.2 Å². The van der Waals surface area contributed by atoms with Crippen LogP contribution in [0.15, 0.2) is 12.2 Å². The lowest BCUT2D eigenvalue weighted by molar-refractivity contribution is -0.143. The fourth-order valence-corrected chi connectivity index (χ4v) is 1.11. The van der Waals surface area contributed by atoms with Crippen molar-refractivity contribution < 1.29 is 19.1 Å². The molecule has 0 aliphatic carbocycles. The second-order valence-electron chi connectivity index (χ2n) is 3.45. The topological polar surface area (TPSA) is 72.5 Å². The van der Waals surface area contributed by atoms with Gasteiger partial charge in [0.2, 0.25) is 0 Å². The van der Waals surface area contributed by atoms with E-state index in [4.69, 9.17) is 4.74 Å². The van der Waals surface area contributed by atoms with Gasteiger partial charge in [0.15, 0.2) is 0 Å². The van der Waals surface area contributed by atoms with Gasteiger partial charge in [-0.25, -0.2) is 0 Å². The molecule has 1 aliphatic heterocycles. The summed E-state index contributed by atoms with van der Waals surface area (Å²) in [5.74, 6) is -0.717. The molecule has 96 valence electrons. The van der Waals surface area contributed by atoms with Gasteiger partial charge >= 0.3 is 5.97 Å². The molecule has 0 unspecified atom stereocenters. The van der Waals surface area contributed by atoms with Crippen molar-refractivity contribution in [1.29, 1.82) is 0 Å². The molecular weight excluding hydrogens is 222 g/mol. The first-order valence-corrected chi connectivity index (χ1v) is 5.78. The molecule has 0 aromatic carbocycles. The van der Waals surface area contributed by atoms with E-state index in [-0.39, 0.29) is 17.8 Å². The van der Waals surface area contributed by atoms with Crippen molar-refractivity contribution in [1.82, 2.24) is 5.32 Å². The number of nitrogens with one attached hydrogen (secondary N) is 1. The van der Waals surface area contributed by atoms with Crippen molar-refractivity contribution >= 4 is 17.8 Å². The van der Waals surface area contributed by atoms with Crippen molar-refractivity contribution in [3.05, 3.63) is 12.2 Å². The average molecular weight is 241 g/mol. The zero-order chi connectivity index (χ0) is 13.1. The van der Waals surface area contributed by atoms with Crippen LogP contribution in [0.5, 0.6) is 0 Å². The van der Waals surface area contributed by atoms with Crippen LogP contribution in [0.3, 0.4) is 0 Å². The first-order valence-electron chi connectivity index (χ1n) is 5.78. The Balaban J connectivity index is 0.000000318. The molecular formula is C12H19NO4. The monoisotopic (exact) mass is 241 g/mol. The standard InChI is InChI=1S/C8H16O2.C4H3NO2/c1-3-5-6-7-8(9)10-4-2;6-3-1-2-4(7)5-3/h3-7H2,1-2H3;1-2H,(H,5,6,7). The summed E-state index contributed by atoms with van der Waals surface area (Å²) >= 11 is 0. The quantitative estimate of drug-likeness (QED) is 0.447. The number of hydrogen-bond donors (Lipinski definition) is 1. The first-order chi connectivity index (χ1) is 8.10. The number of imide groups is 1. The Bertz CT molecular complexity index is 281. The van der Waals surface area contributed by atoms with Crippen molar-refractivity contribution in [2.45, 2.75) is 39.5 Å². The molecule has 1 rings (SSSR count). The molecule has 0 atom stereocenters. The molecule has 0 radical (unpaired) electrons. The zero-order valence-corrected chi connectivity index (χ0v) is 10.3. The van der Waals surface area contributed by atoms with Crippen LogP contribution in [0, 0.1) is 0 Å². The summed E-state index contributed by atoms with van der Waals surface area (Å²) in [5, 5.41) is 2.03. The van der Waals surface area contributed by atoms with E-state index < -0.39 is 0 Å². The minimum Gasteiger partial charge on any atom is -0.466 e. The Morgan fingerprint density at radius 2 is 1.76 bits per heavy atom. The minimum atomic E-state index is -0.329. The van der Waals surface area contributed by atoms with E-state index in [1.165, 1.54) is 12.2 Å². The van der Waals surface area contributed by atoms with Crippen LogP contribution in [0.25, 0.3) is 0 Å². The van der Waals surface area contributed by atoms with E-state index in [0.717, 1.165) is 19.3 Å². The summed E-state index contributed by atoms with van der Waals surface area (Å²) in [7, 11) is 0. The highest BCUT2D eigenvalue weighted by molar-refractivity contribution is 6.12. The maximum absolute atomic E-state index is 10.7. The highest BCUT2D eigenvalue weighted by atomic mass is 16.5. The molecule has 2 amide bonds. The predicted octanol–water partition coefficient (Wildman–Crippen LogP) is 1.33. The smallest absolute Gasteiger partial charge is 0.305 e. The predicted molar refractivity (Wildman–Crippen MR) is 63.1 cm³/mol. The Morgan fingerprint density at radius 1 is 1.18 bits per heavy atom. The Kier molecular flexibility index (Phi) is 8.64. The van der Waals surface area contributed by atoms with Gasteiger partial charge in [0.25, 0.3) is 11.8 Å². The van der Waals surface area contributed by atoms with E-state index in [9.17, 15) is 14.4 Å². The summed E-state index contributed by atoms with van der Waals surface area (Å²) in [5.41, 5.74) is 0. The lowest BCUT2D eigenvalue weighted by Gasteiger charge is -1.99. The zero-order valence-electron chi connectivity index (χ0n) is 10.3. The lowest BCUT2D eigenvalue weighted by atomic mass is 10.2. The van der Waals surface area contributed by atoms with Crippen LogP contribution in [-0.2, 0) is 19.1 Å². The summed E-state index contributed by atoms with van der Waals surface area (Å²) in [6, 6.07) is 0. The molecule has 0 aromatic rings. The number of hydrogen-bond acceptors (Lipinski definition) is 4. The van der Waals surface area contributed by atoms with Gasteiger partial charge < -0.3 is 4.74 Å². The highest BCUT2D eigenvalue weighted by Gasteiger charge is 2.06. The number of esters is 1. The molecule has 5 heteroatoms. The molecule has 0 aromatic heterocycles. The molecule has 1 aliphatic rings. The number of carbonyl (C=O) groups excluding carboxylic acids is 3. The number of carbonyl (C=O) groups is 3. The highest BCUT2D eigenvalue weighted by Crippen LogP contribution is 1.99. The van der Waals surface area contributed by atoms with E-state index in [2.05, 4.69) is 6.92 Å². The third-order valence-corrected chi connectivity index (χ3v) is 1.92. The summed E-state index contributed by atoms with van der Waals surface area (Å²) in [6.45, 7) is 4.45. The molecule has 0 fully saturated rings. The Labute approximate surface area is 101 Å². The molecule has 17 heavy (non-hydrogen) atoms. The van der Waals surface area contributed by atoms with Gasteiger partial charge in [-0.05, 0) is 13.3 Å². The molecule has 0 saturated heterocycles. The summed E-state index contributed by atoms with van der Waals surface area (Å²) in [4.78, 5) is 30.8. The van der Waals surface area contributed by atoms with E-state index in [0.29, 0.717) is 13.0 Å². The molecule has 1 heterocycles. The van der Waals surface area contributed by atoms with Gasteiger partial charge in [-0.2, -0.15) is 0 Å². The Morgan fingerprint density at radius 3 is 2.12 bits per heavy atom. The third kappa shape index (κ3) is 9.29. The maximum atomic E-state index is 10.7. The third-order valence-electron chi connectivity index (χ3n) is 1.92. The van der Waals surface area contributed by atoms with E-state index in [1.54, 1.807) is 0 Å². The first kappa shape index (κ1) is 15.3. The van der Waals surface area contributed by atoms with Crippen LogP contribution in [0.1, 0.15) is 39.5 Å². The van der Waals surface area contributed by atoms with Crippen molar-refractivity contribution in [3.63, 3.8) is 0 Å². The second-order valence-corrected chi connectivity index (χ2v) is 3.45. The largest absolute Gasteiger partial charge is 0.466 e. The van der Waals surface area contributed by atoms with Gasteiger partial charge in [0, 0.05) is 18.6 Å². The van der Waals surface area contributed by atoms with Crippen molar-refractivity contribution in [3.8, 4) is 0 Å². The van der Waals surface area contributed by atoms with Crippen LogP contribution < -0.4 is 5.32 Å². The van der Waals surface area contributed by atoms with Crippen LogP contribution in [0.2, 0.25) is 0 Å². The molecule has 5 nitrogen and oxygen atoms in total. The van der Waals surface area contributed by atoms with Gasteiger partial charge in [-0.1, -0.05) is 19.8 Å². The van der Waals surface area contributed by atoms with E-state index >= 15 is 0 Å². The second kappa shape index (κ2) is 9.57. The van der Waals surface area contributed by atoms with Gasteiger partial charge in [0.05, 0.1) is 6.61 Å². The summed E-state index contributed by atoms with van der Waals surface area (Å²) in [6.07, 6.45) is 6.22. The van der Waals surface area contributed by atoms with Crippen LogP contribution >= 0.6 is 0 Å². The normalized spacial score (nSPS) is 12.8. The number of rotatable bonds is 5. The number of unbranched alkanes of at least 4 members (excludes halogenated alkanes) is 2. The lowest BCUT2D eigenvalue weighted by Crippen LogP contribution is -2.19. The van der Waals surface area contributed by atoms with Crippen molar-refractivity contribution in [2.75, 3.05) is 6.61 Å². The summed E-state index contributed by atoms with van der Waals surface area (Å²) < 4.78 is 4.75. The fourth-order valence-electron chi connectivity index (χ4n) is 1.11. The van der Waals surface area contributed by atoms with Gasteiger partial charge in [-0.3, -0.25) is 19.7 Å². The van der Waals surface area contributed by atoms with Crippen LogP contribution in [-0.4, -0.2) is 24.4 Å². The molecule has 0 saturated carbocycles. The SMILES string of the molecule is CCCCCC(=O)OCC.O=C1C=CC(=O)N1. The molecule has 0 bridgehead atoms. The number of ether oxygens (including phenoxy) is 1. The molecule has 0 spiro atoms. The van der Waals surface area contributed by atoms with Gasteiger partial charge in [0.1, 0.15) is 0 Å². The maximum Gasteiger partial charge on any atom is 0.305 e. The average Bonchev–Trinajstić information content (AvgIpc) is 2.64. The molecule has 1 N–H and O–H groups in total. The van der Waals surface area contributed by atoms with Gasteiger partial charge in [-0.15, -0.1) is 0 Å². The Hall–Kier alpha value is -1.65. The fraction of sp³-hybridized carbons (Fsp3) is 0.583. The van der Waals surface area contributed by atoms with Crippen molar-refractivity contribution in [2.24, 2.45) is 0 Å². The van der Waals surface area contributed by atoms with Crippen LogP contribution in [0.4, 0.5) is 0 Å². The minimum absolute atomic E-state index is 0.0593. The number of amides is 2.